The lowest BCUT2D eigenvalue weighted by Gasteiger charge is -2.17. The number of likely N-dealkylation sites (N-methyl/N-ethyl adjacent to an activating group) is 1. The summed E-state index contributed by atoms with van der Waals surface area (Å²) in [5.74, 6) is -0.402. The van der Waals surface area contributed by atoms with E-state index in [-0.39, 0.29) is 19.0 Å². The number of amides is 1. The Morgan fingerprint density at radius 3 is 2.70 bits per heavy atom. The molecule has 20 heavy (non-hydrogen) atoms. The Kier molecular flexibility index (Phi) is 6.52. The van der Waals surface area contributed by atoms with Crippen LogP contribution in [-0.4, -0.2) is 48.6 Å². The summed E-state index contributed by atoms with van der Waals surface area (Å²) in [6.07, 6.45) is 0. The van der Waals surface area contributed by atoms with Crippen molar-refractivity contribution < 1.29 is 19.4 Å². The van der Waals surface area contributed by atoms with Crippen LogP contribution in [-0.2, 0) is 16.1 Å². The molecular weight excluding hydrogens is 260 g/mol. The number of carboxylic acid groups (broad SMARTS) is 1. The molecule has 1 rings (SSSR count). The summed E-state index contributed by atoms with van der Waals surface area (Å²) >= 11 is 0. The number of nitrogens with zero attached hydrogens (tertiary/aromatic N) is 1. The third kappa shape index (κ3) is 5.71. The molecule has 1 amide bonds. The maximum atomic E-state index is 11.7. The fraction of sp³-hybridized carbons (Fsp3) is 0.429. The van der Waals surface area contributed by atoms with Crippen molar-refractivity contribution in [3.63, 3.8) is 0 Å². The Labute approximate surface area is 118 Å². The van der Waals surface area contributed by atoms with Gasteiger partial charge in [0.1, 0.15) is 5.75 Å². The lowest BCUT2D eigenvalue weighted by Crippen LogP contribution is -2.39. The van der Waals surface area contributed by atoms with Crippen molar-refractivity contribution in [2.75, 3.05) is 26.7 Å². The van der Waals surface area contributed by atoms with Crippen LogP contribution in [0.25, 0.3) is 0 Å². The number of hydrogen-bond donors (Lipinski definition) is 2. The number of carboxylic acids is 1. The molecule has 110 valence electrons. The Morgan fingerprint density at radius 1 is 1.35 bits per heavy atom. The minimum Gasteiger partial charge on any atom is -0.497 e. The topological polar surface area (TPSA) is 78.9 Å². The quantitative estimate of drug-likeness (QED) is 0.733. The molecule has 6 nitrogen and oxygen atoms in total. The Bertz CT molecular complexity index is 462. The average Bonchev–Trinajstić information content (AvgIpc) is 2.44. The van der Waals surface area contributed by atoms with E-state index in [2.05, 4.69) is 5.32 Å². The van der Waals surface area contributed by atoms with Crippen LogP contribution in [0.5, 0.6) is 5.75 Å². The summed E-state index contributed by atoms with van der Waals surface area (Å²) < 4.78 is 5.10. The molecule has 0 radical (unpaired) electrons. The molecule has 1 aromatic carbocycles. The van der Waals surface area contributed by atoms with Crippen molar-refractivity contribution in [1.82, 2.24) is 10.2 Å². The number of rotatable bonds is 8. The lowest BCUT2D eigenvalue weighted by atomic mass is 10.2. The van der Waals surface area contributed by atoms with E-state index in [1.54, 1.807) is 12.0 Å². The fourth-order valence-electron chi connectivity index (χ4n) is 1.71. The minimum atomic E-state index is -0.938. The highest BCUT2D eigenvalue weighted by Crippen LogP contribution is 2.11. The van der Waals surface area contributed by atoms with Crippen molar-refractivity contribution in [1.29, 1.82) is 0 Å². The minimum absolute atomic E-state index is 0.0762. The SMILES string of the molecule is CCN(CC(=O)O)CC(=O)NCc1cccc(OC)c1. The van der Waals surface area contributed by atoms with Gasteiger partial charge in [0.15, 0.2) is 0 Å². The van der Waals surface area contributed by atoms with Crippen LogP contribution in [0.2, 0.25) is 0 Å². The zero-order valence-electron chi connectivity index (χ0n) is 11.8. The molecule has 0 aliphatic rings. The first-order chi connectivity index (χ1) is 9.55. The molecule has 0 fully saturated rings. The maximum Gasteiger partial charge on any atom is 0.317 e. The van der Waals surface area contributed by atoms with E-state index in [4.69, 9.17) is 9.84 Å². The predicted octanol–water partition coefficient (Wildman–Crippen LogP) is 0.718. The van der Waals surface area contributed by atoms with Gasteiger partial charge in [0.25, 0.3) is 0 Å². The van der Waals surface area contributed by atoms with E-state index >= 15 is 0 Å². The first kappa shape index (κ1) is 16.0. The van der Waals surface area contributed by atoms with Crippen LogP contribution in [0.15, 0.2) is 24.3 Å². The Hall–Kier alpha value is -2.08. The van der Waals surface area contributed by atoms with Crippen LogP contribution >= 0.6 is 0 Å². The van der Waals surface area contributed by atoms with Crippen molar-refractivity contribution >= 4 is 11.9 Å². The van der Waals surface area contributed by atoms with Gasteiger partial charge < -0.3 is 15.2 Å². The number of ether oxygens (including phenoxy) is 1. The fourth-order valence-corrected chi connectivity index (χ4v) is 1.71. The second kappa shape index (κ2) is 8.16. The molecule has 0 saturated carbocycles. The molecule has 0 atom stereocenters. The molecule has 0 bridgehead atoms. The van der Waals surface area contributed by atoms with E-state index in [9.17, 15) is 9.59 Å². The van der Waals surface area contributed by atoms with Gasteiger partial charge in [-0.05, 0) is 24.2 Å². The highest BCUT2D eigenvalue weighted by molar-refractivity contribution is 5.79. The van der Waals surface area contributed by atoms with Gasteiger partial charge in [0.05, 0.1) is 20.2 Å². The molecule has 0 spiro atoms. The zero-order chi connectivity index (χ0) is 15.0. The van der Waals surface area contributed by atoms with Gasteiger partial charge in [-0.3, -0.25) is 14.5 Å². The Morgan fingerprint density at radius 2 is 2.10 bits per heavy atom. The first-order valence-corrected chi connectivity index (χ1v) is 6.39. The highest BCUT2D eigenvalue weighted by atomic mass is 16.5. The third-order valence-corrected chi connectivity index (χ3v) is 2.80. The van der Waals surface area contributed by atoms with Gasteiger partial charge >= 0.3 is 5.97 Å². The number of aliphatic carboxylic acids is 1. The van der Waals surface area contributed by atoms with E-state index in [0.717, 1.165) is 11.3 Å². The van der Waals surface area contributed by atoms with Crippen molar-refractivity contribution in [3.8, 4) is 5.75 Å². The number of benzene rings is 1. The lowest BCUT2D eigenvalue weighted by molar-refractivity contribution is -0.138. The number of carbonyl (C=O) groups excluding carboxylic acids is 1. The molecule has 0 saturated heterocycles. The second-order valence-corrected chi connectivity index (χ2v) is 4.33. The van der Waals surface area contributed by atoms with Gasteiger partial charge in [0.2, 0.25) is 5.91 Å². The molecule has 0 heterocycles. The summed E-state index contributed by atoms with van der Waals surface area (Å²) in [5, 5.41) is 11.5. The van der Waals surface area contributed by atoms with Crippen molar-refractivity contribution in [2.45, 2.75) is 13.5 Å². The van der Waals surface area contributed by atoms with Gasteiger partial charge in [0, 0.05) is 6.54 Å². The van der Waals surface area contributed by atoms with Gasteiger partial charge in [-0.1, -0.05) is 19.1 Å². The summed E-state index contributed by atoms with van der Waals surface area (Å²) in [7, 11) is 1.59. The summed E-state index contributed by atoms with van der Waals surface area (Å²) in [6, 6.07) is 7.41. The standard InChI is InChI=1S/C14H20N2O4/c1-3-16(10-14(18)19)9-13(17)15-8-11-5-4-6-12(7-11)20-2/h4-7H,3,8-10H2,1-2H3,(H,15,17)(H,18,19). The van der Waals surface area contributed by atoms with Crippen LogP contribution in [0.1, 0.15) is 12.5 Å². The van der Waals surface area contributed by atoms with E-state index < -0.39 is 5.97 Å². The van der Waals surface area contributed by atoms with Crippen LogP contribution < -0.4 is 10.1 Å². The molecule has 0 aromatic heterocycles. The summed E-state index contributed by atoms with van der Waals surface area (Å²) in [6.45, 7) is 2.66. The largest absolute Gasteiger partial charge is 0.497 e. The molecular formula is C14H20N2O4. The molecule has 0 unspecified atom stereocenters. The van der Waals surface area contributed by atoms with Gasteiger partial charge in [-0.25, -0.2) is 0 Å². The number of carbonyl (C=O) groups is 2. The van der Waals surface area contributed by atoms with Gasteiger partial charge in [-0.2, -0.15) is 0 Å². The van der Waals surface area contributed by atoms with Crippen molar-refractivity contribution in [2.24, 2.45) is 0 Å². The van der Waals surface area contributed by atoms with Crippen molar-refractivity contribution in [3.05, 3.63) is 29.8 Å². The smallest absolute Gasteiger partial charge is 0.317 e. The van der Waals surface area contributed by atoms with E-state index in [1.807, 2.05) is 31.2 Å². The van der Waals surface area contributed by atoms with Crippen LogP contribution in [0.4, 0.5) is 0 Å². The normalized spacial score (nSPS) is 10.3. The van der Waals surface area contributed by atoms with Crippen LogP contribution in [0, 0.1) is 0 Å². The number of methoxy groups -OCH3 is 1. The zero-order valence-corrected chi connectivity index (χ0v) is 11.8. The first-order valence-electron chi connectivity index (χ1n) is 6.39. The molecule has 1 aromatic rings. The predicted molar refractivity (Wildman–Crippen MR) is 74.6 cm³/mol. The van der Waals surface area contributed by atoms with Crippen LogP contribution in [0.3, 0.4) is 0 Å². The Balaban J connectivity index is 2.43. The van der Waals surface area contributed by atoms with Gasteiger partial charge in [-0.15, -0.1) is 0 Å². The highest BCUT2D eigenvalue weighted by Gasteiger charge is 2.11. The van der Waals surface area contributed by atoms with E-state index in [0.29, 0.717) is 13.1 Å². The molecule has 0 aliphatic heterocycles. The van der Waals surface area contributed by atoms with E-state index in [1.165, 1.54) is 0 Å². The summed E-state index contributed by atoms with van der Waals surface area (Å²) in [5.41, 5.74) is 0.930. The monoisotopic (exact) mass is 280 g/mol. The molecule has 0 aliphatic carbocycles. The average molecular weight is 280 g/mol. The summed E-state index contributed by atoms with van der Waals surface area (Å²) in [4.78, 5) is 23.9. The number of hydrogen-bond acceptors (Lipinski definition) is 4. The molecule has 2 N–H and O–H groups in total. The maximum absolute atomic E-state index is 11.7. The number of nitrogens with one attached hydrogen (secondary N) is 1. The second-order valence-electron chi connectivity index (χ2n) is 4.33. The third-order valence-electron chi connectivity index (χ3n) is 2.80. The molecule has 6 heteroatoms.